The Morgan fingerprint density at radius 3 is 2.37 bits per heavy atom. The maximum atomic E-state index is 12.6. The minimum Gasteiger partial charge on any atom is -0.300 e. The van der Waals surface area contributed by atoms with Crippen LogP contribution in [0.5, 0.6) is 0 Å². The Morgan fingerprint density at radius 2 is 1.70 bits per heavy atom. The van der Waals surface area contributed by atoms with Gasteiger partial charge in [0.1, 0.15) is 0 Å². The third-order valence-electron chi connectivity index (χ3n) is 3.99. The third-order valence-corrected chi connectivity index (χ3v) is 5.96. The second-order valence-corrected chi connectivity index (χ2v) is 8.01. The molecule has 0 radical (unpaired) electrons. The van der Waals surface area contributed by atoms with E-state index in [1.54, 1.807) is 12.1 Å². The zero-order valence-electron chi connectivity index (χ0n) is 14.8. The van der Waals surface area contributed by atoms with Crippen molar-refractivity contribution >= 4 is 39.9 Å². The molecule has 0 aliphatic carbocycles. The molecule has 0 saturated heterocycles. The number of hydrogen-bond acceptors (Lipinski definition) is 6. The Bertz CT molecular complexity index is 898. The van der Waals surface area contributed by atoms with E-state index in [4.69, 9.17) is 0 Å². The van der Waals surface area contributed by atoms with E-state index in [9.17, 15) is 9.59 Å². The van der Waals surface area contributed by atoms with Gasteiger partial charge in [-0.25, -0.2) is 0 Å². The van der Waals surface area contributed by atoms with Crippen LogP contribution in [0, 0.1) is 0 Å². The first kappa shape index (κ1) is 19.3. The van der Waals surface area contributed by atoms with Crippen molar-refractivity contribution in [3.63, 3.8) is 0 Å². The van der Waals surface area contributed by atoms with Crippen LogP contribution in [0.25, 0.3) is 0 Å². The van der Waals surface area contributed by atoms with Crippen LogP contribution >= 0.6 is 23.1 Å². The van der Waals surface area contributed by atoms with Gasteiger partial charge in [-0.05, 0) is 12.0 Å². The maximum absolute atomic E-state index is 12.6. The van der Waals surface area contributed by atoms with Crippen molar-refractivity contribution in [3.8, 4) is 0 Å². The Labute approximate surface area is 166 Å². The highest BCUT2D eigenvalue weighted by atomic mass is 32.2. The standard InChI is InChI=1S/C20H19N3O2S2/c1-2-16(14-9-5-3-6-10-14)18(25)21-19-22-23-20(27-19)26-13-17(24)15-11-7-4-8-12-15/h3-12,16H,2,13H2,1H3,(H,21,22,25)/t16-/m1/s1. The first-order valence-corrected chi connectivity index (χ1v) is 10.4. The zero-order chi connectivity index (χ0) is 19.1. The molecule has 27 heavy (non-hydrogen) atoms. The fraction of sp³-hybridized carbons (Fsp3) is 0.200. The molecule has 138 valence electrons. The summed E-state index contributed by atoms with van der Waals surface area (Å²) in [5.74, 6) is -0.00656. The van der Waals surface area contributed by atoms with Gasteiger partial charge in [0.05, 0.1) is 11.7 Å². The Morgan fingerprint density at radius 1 is 1.04 bits per heavy atom. The molecule has 1 heterocycles. The number of benzene rings is 2. The van der Waals surface area contributed by atoms with Gasteiger partial charge in [-0.2, -0.15) is 0 Å². The van der Waals surface area contributed by atoms with Crippen molar-refractivity contribution < 1.29 is 9.59 Å². The summed E-state index contributed by atoms with van der Waals surface area (Å²) in [6.45, 7) is 1.98. The number of aromatic nitrogens is 2. The first-order valence-electron chi connectivity index (χ1n) is 8.57. The highest BCUT2D eigenvalue weighted by molar-refractivity contribution is 8.01. The van der Waals surface area contributed by atoms with E-state index < -0.39 is 0 Å². The molecule has 1 atom stereocenters. The summed E-state index contributed by atoms with van der Waals surface area (Å²) in [4.78, 5) is 24.7. The number of carbonyl (C=O) groups excluding carboxylic acids is 2. The second kappa shape index (κ2) is 9.43. The predicted molar refractivity (Wildman–Crippen MR) is 110 cm³/mol. The molecule has 1 N–H and O–H groups in total. The van der Waals surface area contributed by atoms with E-state index >= 15 is 0 Å². The number of thioether (sulfide) groups is 1. The average Bonchev–Trinajstić information content (AvgIpc) is 3.15. The quantitative estimate of drug-likeness (QED) is 0.340. The van der Waals surface area contributed by atoms with Crippen molar-refractivity contribution in [2.75, 3.05) is 11.1 Å². The van der Waals surface area contributed by atoms with Crippen molar-refractivity contribution in [2.45, 2.75) is 23.6 Å². The van der Waals surface area contributed by atoms with Gasteiger partial charge in [-0.1, -0.05) is 90.7 Å². The smallest absolute Gasteiger partial charge is 0.233 e. The first-order chi connectivity index (χ1) is 13.2. The zero-order valence-corrected chi connectivity index (χ0v) is 16.4. The van der Waals surface area contributed by atoms with Gasteiger partial charge in [0.2, 0.25) is 11.0 Å². The lowest BCUT2D eigenvalue weighted by atomic mass is 9.96. The lowest BCUT2D eigenvalue weighted by Crippen LogP contribution is -2.20. The van der Waals surface area contributed by atoms with Crippen molar-refractivity contribution in [2.24, 2.45) is 0 Å². The van der Waals surface area contributed by atoms with Crippen LogP contribution in [0.15, 0.2) is 65.0 Å². The Kier molecular flexibility index (Phi) is 6.73. The number of carbonyl (C=O) groups is 2. The molecule has 0 aliphatic heterocycles. The summed E-state index contributed by atoms with van der Waals surface area (Å²) in [5.41, 5.74) is 1.65. The molecule has 1 amide bonds. The highest BCUT2D eigenvalue weighted by Gasteiger charge is 2.20. The SMILES string of the molecule is CC[C@@H](C(=O)Nc1nnc(SCC(=O)c2ccccc2)s1)c1ccccc1. The van der Waals surface area contributed by atoms with Crippen molar-refractivity contribution in [3.05, 3.63) is 71.8 Å². The van der Waals surface area contributed by atoms with Crippen LogP contribution < -0.4 is 5.32 Å². The second-order valence-electron chi connectivity index (χ2n) is 5.81. The van der Waals surface area contributed by atoms with Gasteiger partial charge in [0, 0.05) is 5.56 Å². The highest BCUT2D eigenvalue weighted by Crippen LogP contribution is 2.28. The number of hydrogen-bond donors (Lipinski definition) is 1. The average molecular weight is 398 g/mol. The molecule has 7 heteroatoms. The van der Waals surface area contributed by atoms with Gasteiger partial charge >= 0.3 is 0 Å². The van der Waals surface area contributed by atoms with E-state index in [0.29, 0.717) is 21.5 Å². The van der Waals surface area contributed by atoms with Crippen molar-refractivity contribution in [1.29, 1.82) is 0 Å². The van der Waals surface area contributed by atoms with E-state index in [1.807, 2.05) is 55.5 Å². The summed E-state index contributed by atoms with van der Waals surface area (Å²) in [7, 11) is 0. The van der Waals surface area contributed by atoms with Crippen LogP contribution in [0.1, 0.15) is 35.2 Å². The molecule has 0 bridgehead atoms. The summed E-state index contributed by atoms with van der Waals surface area (Å²) in [6, 6.07) is 18.8. The number of Topliss-reactive ketones (excluding diaryl/α,β-unsaturated/α-hetero) is 1. The summed E-state index contributed by atoms with van der Waals surface area (Å²) in [6.07, 6.45) is 0.696. The monoisotopic (exact) mass is 397 g/mol. The van der Waals surface area contributed by atoms with E-state index in [1.165, 1.54) is 23.1 Å². The Balaban J connectivity index is 1.57. The van der Waals surface area contributed by atoms with E-state index in [0.717, 1.165) is 5.56 Å². The molecule has 3 aromatic rings. The van der Waals surface area contributed by atoms with Crippen LogP contribution in [-0.4, -0.2) is 27.6 Å². The molecular formula is C20H19N3O2S2. The predicted octanol–water partition coefficient (Wildman–Crippen LogP) is 4.65. The van der Waals surface area contributed by atoms with E-state index in [-0.39, 0.29) is 23.4 Å². The van der Waals surface area contributed by atoms with Gasteiger partial charge in [-0.15, -0.1) is 10.2 Å². The lowest BCUT2D eigenvalue weighted by Gasteiger charge is -2.13. The number of rotatable bonds is 8. The number of ketones is 1. The molecule has 2 aromatic carbocycles. The summed E-state index contributed by atoms with van der Waals surface area (Å²) < 4.78 is 0.655. The van der Waals surface area contributed by atoms with Crippen LogP contribution in [0.2, 0.25) is 0 Å². The number of amides is 1. The minimum atomic E-state index is -0.231. The number of nitrogens with one attached hydrogen (secondary N) is 1. The lowest BCUT2D eigenvalue weighted by molar-refractivity contribution is -0.117. The molecule has 0 spiro atoms. The number of nitrogens with zero attached hydrogens (tertiary/aromatic N) is 2. The summed E-state index contributed by atoms with van der Waals surface area (Å²) in [5, 5.41) is 11.4. The molecule has 0 fully saturated rings. The molecule has 3 rings (SSSR count). The molecule has 5 nitrogen and oxygen atoms in total. The van der Waals surface area contributed by atoms with Gasteiger partial charge in [0.15, 0.2) is 10.1 Å². The topological polar surface area (TPSA) is 72.0 Å². The molecule has 0 unspecified atom stereocenters. The fourth-order valence-corrected chi connectivity index (χ4v) is 4.25. The summed E-state index contributed by atoms with van der Waals surface area (Å²) >= 11 is 2.60. The molecule has 1 aromatic heterocycles. The van der Waals surface area contributed by atoms with Gasteiger partial charge in [0.25, 0.3) is 0 Å². The van der Waals surface area contributed by atoms with E-state index in [2.05, 4.69) is 15.5 Å². The normalized spacial score (nSPS) is 11.7. The number of anilines is 1. The maximum Gasteiger partial charge on any atom is 0.233 e. The van der Waals surface area contributed by atoms with Gasteiger partial charge < -0.3 is 0 Å². The van der Waals surface area contributed by atoms with Crippen LogP contribution in [0.4, 0.5) is 5.13 Å². The molecule has 0 saturated carbocycles. The fourth-order valence-electron chi connectivity index (χ4n) is 2.60. The van der Waals surface area contributed by atoms with Gasteiger partial charge in [-0.3, -0.25) is 14.9 Å². The minimum absolute atomic E-state index is 0.0384. The van der Waals surface area contributed by atoms with Crippen LogP contribution in [-0.2, 0) is 4.79 Å². The Hall–Kier alpha value is -2.51. The van der Waals surface area contributed by atoms with Crippen molar-refractivity contribution in [1.82, 2.24) is 10.2 Å². The largest absolute Gasteiger partial charge is 0.300 e. The molecular weight excluding hydrogens is 378 g/mol. The third kappa shape index (κ3) is 5.24. The van der Waals surface area contributed by atoms with Crippen LogP contribution in [0.3, 0.4) is 0 Å². The molecule has 0 aliphatic rings.